The molecule has 1 saturated carbocycles. The molecule has 2 N–H and O–H groups in total. The van der Waals surface area contributed by atoms with Crippen molar-refractivity contribution in [2.45, 2.75) is 32.1 Å². The van der Waals surface area contributed by atoms with Gasteiger partial charge in [0.2, 0.25) is 0 Å². The van der Waals surface area contributed by atoms with Crippen molar-refractivity contribution in [1.82, 2.24) is 0 Å². The molecule has 1 aliphatic carbocycles. The maximum Gasteiger partial charge on any atom is 0.252 e. The maximum atomic E-state index is 12.7. The van der Waals surface area contributed by atoms with Crippen molar-refractivity contribution in [2.24, 2.45) is 11.1 Å². The van der Waals surface area contributed by atoms with Crippen LogP contribution in [0.2, 0.25) is 0 Å². The SMILES string of the molecule is CC(F)(F)C1(CN)CCC1.Cl. The minimum absolute atomic E-state index is 0. The van der Waals surface area contributed by atoms with E-state index in [0.29, 0.717) is 12.8 Å². The van der Waals surface area contributed by atoms with Gasteiger partial charge in [-0.25, -0.2) is 8.78 Å². The first-order chi connectivity index (χ1) is 4.52. The number of hydrogen-bond acceptors (Lipinski definition) is 1. The van der Waals surface area contributed by atoms with Gasteiger partial charge in [-0.15, -0.1) is 12.4 Å². The Bertz CT molecular complexity index is 123. The zero-order valence-electron chi connectivity index (χ0n) is 6.57. The summed E-state index contributed by atoms with van der Waals surface area (Å²) in [6.07, 6.45) is 2.08. The second-order valence-electron chi connectivity index (χ2n) is 3.23. The Kier molecular flexibility index (Phi) is 3.27. The van der Waals surface area contributed by atoms with Crippen LogP contribution in [-0.4, -0.2) is 12.5 Å². The maximum absolute atomic E-state index is 12.7. The van der Waals surface area contributed by atoms with Crippen LogP contribution in [0.15, 0.2) is 0 Å². The van der Waals surface area contributed by atoms with Crippen molar-refractivity contribution >= 4 is 12.4 Å². The van der Waals surface area contributed by atoms with Gasteiger partial charge >= 0.3 is 0 Å². The van der Waals surface area contributed by atoms with Crippen LogP contribution >= 0.6 is 12.4 Å². The summed E-state index contributed by atoms with van der Waals surface area (Å²) in [5, 5.41) is 0. The van der Waals surface area contributed by atoms with E-state index in [1.54, 1.807) is 0 Å². The number of alkyl halides is 2. The first kappa shape index (κ1) is 11.1. The van der Waals surface area contributed by atoms with E-state index >= 15 is 0 Å². The van der Waals surface area contributed by atoms with Crippen molar-refractivity contribution in [3.63, 3.8) is 0 Å². The second kappa shape index (κ2) is 3.23. The van der Waals surface area contributed by atoms with Gasteiger partial charge in [0.25, 0.3) is 5.92 Å². The first-order valence-corrected chi connectivity index (χ1v) is 3.60. The lowest BCUT2D eigenvalue weighted by Crippen LogP contribution is -2.49. The monoisotopic (exact) mass is 185 g/mol. The Morgan fingerprint density at radius 1 is 1.45 bits per heavy atom. The van der Waals surface area contributed by atoms with Crippen LogP contribution < -0.4 is 5.73 Å². The van der Waals surface area contributed by atoms with E-state index in [1.807, 2.05) is 0 Å². The van der Waals surface area contributed by atoms with Crippen LogP contribution in [0.5, 0.6) is 0 Å². The Balaban J connectivity index is 0.000001000. The van der Waals surface area contributed by atoms with Gasteiger partial charge in [-0.1, -0.05) is 6.42 Å². The fourth-order valence-corrected chi connectivity index (χ4v) is 1.43. The zero-order valence-corrected chi connectivity index (χ0v) is 7.39. The normalized spacial score (nSPS) is 21.8. The van der Waals surface area contributed by atoms with Crippen molar-refractivity contribution in [3.8, 4) is 0 Å². The molecule has 68 valence electrons. The summed E-state index contributed by atoms with van der Waals surface area (Å²) < 4.78 is 25.5. The molecule has 11 heavy (non-hydrogen) atoms. The summed E-state index contributed by atoms with van der Waals surface area (Å²) >= 11 is 0. The van der Waals surface area contributed by atoms with Crippen LogP contribution in [0.1, 0.15) is 26.2 Å². The molecular formula is C7H14ClF2N. The lowest BCUT2D eigenvalue weighted by Gasteiger charge is -2.45. The molecule has 0 saturated heterocycles. The lowest BCUT2D eigenvalue weighted by atomic mass is 9.65. The van der Waals surface area contributed by atoms with E-state index in [4.69, 9.17) is 5.73 Å². The van der Waals surface area contributed by atoms with Gasteiger partial charge < -0.3 is 5.73 Å². The summed E-state index contributed by atoms with van der Waals surface area (Å²) in [4.78, 5) is 0. The molecule has 0 aliphatic heterocycles. The van der Waals surface area contributed by atoms with E-state index < -0.39 is 11.3 Å². The molecule has 0 radical (unpaired) electrons. The Morgan fingerprint density at radius 3 is 1.91 bits per heavy atom. The quantitative estimate of drug-likeness (QED) is 0.702. The van der Waals surface area contributed by atoms with Gasteiger partial charge in [0, 0.05) is 12.0 Å². The minimum Gasteiger partial charge on any atom is -0.330 e. The van der Waals surface area contributed by atoms with Gasteiger partial charge in [0.15, 0.2) is 0 Å². The molecule has 1 fully saturated rings. The highest BCUT2D eigenvalue weighted by molar-refractivity contribution is 5.85. The molecule has 1 aliphatic rings. The molecule has 0 atom stereocenters. The summed E-state index contributed by atoms with van der Waals surface area (Å²) in [5.74, 6) is -2.58. The Morgan fingerprint density at radius 2 is 1.91 bits per heavy atom. The van der Waals surface area contributed by atoms with E-state index in [2.05, 4.69) is 0 Å². The van der Waals surface area contributed by atoms with Crippen LogP contribution in [0.4, 0.5) is 8.78 Å². The molecule has 0 aromatic heterocycles. The molecule has 0 unspecified atom stereocenters. The lowest BCUT2D eigenvalue weighted by molar-refractivity contribution is -0.141. The van der Waals surface area contributed by atoms with Crippen molar-refractivity contribution in [1.29, 1.82) is 0 Å². The Hall–Kier alpha value is 0.110. The summed E-state index contributed by atoms with van der Waals surface area (Å²) in [6.45, 7) is 1.09. The second-order valence-corrected chi connectivity index (χ2v) is 3.23. The van der Waals surface area contributed by atoms with E-state index in [-0.39, 0.29) is 19.0 Å². The van der Waals surface area contributed by atoms with Gasteiger partial charge in [-0.3, -0.25) is 0 Å². The third-order valence-corrected chi connectivity index (χ3v) is 2.63. The van der Waals surface area contributed by atoms with Gasteiger partial charge in [-0.05, 0) is 19.8 Å². The van der Waals surface area contributed by atoms with Crippen LogP contribution in [0, 0.1) is 5.41 Å². The van der Waals surface area contributed by atoms with Crippen molar-refractivity contribution in [3.05, 3.63) is 0 Å². The first-order valence-electron chi connectivity index (χ1n) is 3.60. The average molecular weight is 186 g/mol. The number of hydrogen-bond donors (Lipinski definition) is 1. The van der Waals surface area contributed by atoms with Gasteiger partial charge in [0.1, 0.15) is 0 Å². The van der Waals surface area contributed by atoms with Crippen molar-refractivity contribution < 1.29 is 8.78 Å². The predicted molar refractivity (Wildman–Crippen MR) is 43.2 cm³/mol. The molecule has 0 bridgehead atoms. The van der Waals surface area contributed by atoms with Crippen LogP contribution in [0.25, 0.3) is 0 Å². The number of halogens is 3. The zero-order chi connectivity index (χ0) is 7.83. The standard InChI is InChI=1S/C7H13F2N.ClH/c1-6(8,9)7(5-10)3-2-4-7;/h2-5,10H2,1H3;1H. The summed E-state index contributed by atoms with van der Waals surface area (Å²) in [5.41, 5.74) is 4.42. The minimum atomic E-state index is -2.58. The molecule has 0 aromatic rings. The van der Waals surface area contributed by atoms with Gasteiger partial charge in [-0.2, -0.15) is 0 Å². The largest absolute Gasteiger partial charge is 0.330 e. The third kappa shape index (κ3) is 1.64. The number of rotatable bonds is 2. The van der Waals surface area contributed by atoms with E-state index in [1.165, 1.54) is 0 Å². The highest BCUT2D eigenvalue weighted by Crippen LogP contribution is 2.50. The average Bonchev–Trinajstić information content (AvgIpc) is 1.58. The van der Waals surface area contributed by atoms with E-state index in [9.17, 15) is 8.78 Å². The molecule has 4 heteroatoms. The Labute approximate surface area is 71.7 Å². The fourth-order valence-electron chi connectivity index (χ4n) is 1.43. The smallest absolute Gasteiger partial charge is 0.252 e. The molecule has 1 nitrogen and oxygen atoms in total. The summed E-state index contributed by atoms with van der Waals surface area (Å²) in [6, 6.07) is 0. The fraction of sp³-hybridized carbons (Fsp3) is 1.00. The van der Waals surface area contributed by atoms with Crippen molar-refractivity contribution in [2.75, 3.05) is 6.54 Å². The highest BCUT2D eigenvalue weighted by atomic mass is 35.5. The molecular weight excluding hydrogens is 172 g/mol. The van der Waals surface area contributed by atoms with Gasteiger partial charge in [0.05, 0.1) is 0 Å². The number of nitrogens with two attached hydrogens (primary N) is 1. The molecule has 0 aromatic carbocycles. The third-order valence-electron chi connectivity index (χ3n) is 2.63. The summed E-state index contributed by atoms with van der Waals surface area (Å²) in [7, 11) is 0. The van der Waals surface area contributed by atoms with Crippen LogP contribution in [-0.2, 0) is 0 Å². The topological polar surface area (TPSA) is 26.0 Å². The van der Waals surface area contributed by atoms with E-state index in [0.717, 1.165) is 13.3 Å². The molecule has 1 rings (SSSR count). The highest BCUT2D eigenvalue weighted by Gasteiger charge is 2.52. The molecule has 0 heterocycles. The molecule has 0 spiro atoms. The van der Waals surface area contributed by atoms with Crippen LogP contribution in [0.3, 0.4) is 0 Å². The predicted octanol–water partition coefficient (Wildman–Crippen LogP) is 2.19. The molecule has 0 amide bonds.